The van der Waals surface area contributed by atoms with Gasteiger partial charge >= 0.3 is 6.03 Å². The van der Waals surface area contributed by atoms with E-state index < -0.39 is 9.84 Å². The molecule has 132 valence electrons. The number of urea groups is 1. The molecule has 0 saturated carbocycles. The van der Waals surface area contributed by atoms with E-state index in [0.717, 1.165) is 45.3 Å². The molecular formula is C17H25N3O3S. The normalized spacial score (nSPS) is 22.0. The summed E-state index contributed by atoms with van der Waals surface area (Å²) in [6.07, 6.45) is 5.64. The molecule has 3 rings (SSSR count). The molecule has 1 atom stereocenters. The molecule has 7 heteroatoms. The fourth-order valence-electron chi connectivity index (χ4n) is 3.64. The van der Waals surface area contributed by atoms with Crippen LogP contribution in [0.5, 0.6) is 0 Å². The van der Waals surface area contributed by atoms with Crippen molar-refractivity contribution in [2.75, 3.05) is 37.8 Å². The smallest absolute Gasteiger partial charge is 0.320 e. The van der Waals surface area contributed by atoms with Crippen molar-refractivity contribution in [3.05, 3.63) is 24.3 Å². The van der Waals surface area contributed by atoms with E-state index in [4.69, 9.17) is 0 Å². The fourth-order valence-corrected chi connectivity index (χ4v) is 4.48. The molecule has 2 amide bonds. The largest absolute Gasteiger partial charge is 0.322 e. The van der Waals surface area contributed by atoms with Gasteiger partial charge in [-0.1, -0.05) is 12.1 Å². The van der Waals surface area contributed by atoms with Gasteiger partial charge < -0.3 is 15.1 Å². The van der Waals surface area contributed by atoms with Gasteiger partial charge in [0.2, 0.25) is 0 Å². The van der Waals surface area contributed by atoms with Crippen LogP contribution in [-0.2, 0) is 9.84 Å². The fraction of sp³-hybridized carbons (Fsp3) is 0.588. The number of para-hydroxylation sites is 1. The molecule has 1 aromatic carbocycles. The van der Waals surface area contributed by atoms with Crippen molar-refractivity contribution >= 4 is 21.6 Å². The molecule has 2 heterocycles. The first-order chi connectivity index (χ1) is 11.4. The maximum atomic E-state index is 12.7. The number of rotatable bonds is 4. The molecule has 6 nitrogen and oxygen atoms in total. The van der Waals surface area contributed by atoms with Crippen molar-refractivity contribution in [3.63, 3.8) is 0 Å². The second-order valence-electron chi connectivity index (χ2n) is 6.70. The van der Waals surface area contributed by atoms with Crippen LogP contribution in [-0.4, -0.2) is 62.7 Å². The minimum Gasteiger partial charge on any atom is -0.320 e. The number of sulfone groups is 1. The van der Waals surface area contributed by atoms with Gasteiger partial charge in [-0.3, -0.25) is 0 Å². The highest BCUT2D eigenvalue weighted by molar-refractivity contribution is 7.90. The number of hydrogen-bond donors (Lipinski definition) is 1. The highest BCUT2D eigenvalue weighted by Crippen LogP contribution is 2.24. The molecule has 2 saturated heterocycles. The average molecular weight is 351 g/mol. The van der Waals surface area contributed by atoms with Crippen molar-refractivity contribution in [3.8, 4) is 0 Å². The van der Waals surface area contributed by atoms with Gasteiger partial charge in [0.1, 0.15) is 0 Å². The first kappa shape index (κ1) is 17.2. The van der Waals surface area contributed by atoms with Crippen molar-refractivity contribution in [2.24, 2.45) is 0 Å². The van der Waals surface area contributed by atoms with E-state index in [9.17, 15) is 13.2 Å². The minimum absolute atomic E-state index is 0.161. The van der Waals surface area contributed by atoms with E-state index >= 15 is 0 Å². The van der Waals surface area contributed by atoms with Crippen LogP contribution in [0.1, 0.15) is 25.7 Å². The standard InChI is InChI=1S/C17H25N3O3S/c1-24(22,23)16-9-3-2-8-15(16)18-17(21)20-12-6-7-14(20)13-19-10-4-5-11-19/h2-3,8-9,14H,4-7,10-13H2,1H3,(H,18,21). The maximum Gasteiger partial charge on any atom is 0.322 e. The van der Waals surface area contributed by atoms with E-state index in [1.165, 1.54) is 18.9 Å². The molecule has 0 aromatic heterocycles. The summed E-state index contributed by atoms with van der Waals surface area (Å²) in [7, 11) is -3.38. The molecule has 2 fully saturated rings. The van der Waals surface area contributed by atoms with Crippen molar-refractivity contribution in [1.82, 2.24) is 9.80 Å². The second kappa shape index (κ2) is 7.11. The van der Waals surface area contributed by atoms with E-state index in [2.05, 4.69) is 10.2 Å². The molecule has 0 aliphatic carbocycles. The summed E-state index contributed by atoms with van der Waals surface area (Å²) in [6.45, 7) is 3.87. The molecule has 1 N–H and O–H groups in total. The first-order valence-corrected chi connectivity index (χ1v) is 10.4. The Hall–Kier alpha value is -1.60. The van der Waals surface area contributed by atoms with Gasteiger partial charge in [-0.05, 0) is 50.9 Å². The Balaban J connectivity index is 1.70. The summed E-state index contributed by atoms with van der Waals surface area (Å²) < 4.78 is 23.8. The molecule has 24 heavy (non-hydrogen) atoms. The van der Waals surface area contributed by atoms with Crippen LogP contribution in [0.4, 0.5) is 10.5 Å². The van der Waals surface area contributed by atoms with Crippen LogP contribution in [0.25, 0.3) is 0 Å². The van der Waals surface area contributed by atoms with Gasteiger partial charge in [-0.15, -0.1) is 0 Å². The van der Waals surface area contributed by atoms with E-state index in [0.29, 0.717) is 5.69 Å². The molecule has 1 unspecified atom stereocenters. The van der Waals surface area contributed by atoms with Gasteiger partial charge in [0.05, 0.1) is 10.6 Å². The summed E-state index contributed by atoms with van der Waals surface area (Å²) in [5.41, 5.74) is 0.358. The predicted octanol–water partition coefficient (Wildman–Crippen LogP) is 2.18. The number of benzene rings is 1. The molecule has 1 aromatic rings. The van der Waals surface area contributed by atoms with Crippen molar-refractivity contribution in [1.29, 1.82) is 0 Å². The highest BCUT2D eigenvalue weighted by Gasteiger charge is 2.31. The Morgan fingerprint density at radius 1 is 1.17 bits per heavy atom. The maximum absolute atomic E-state index is 12.7. The topological polar surface area (TPSA) is 69.7 Å². The highest BCUT2D eigenvalue weighted by atomic mass is 32.2. The lowest BCUT2D eigenvalue weighted by molar-refractivity contribution is 0.186. The Morgan fingerprint density at radius 2 is 1.88 bits per heavy atom. The second-order valence-corrected chi connectivity index (χ2v) is 8.68. The number of likely N-dealkylation sites (tertiary alicyclic amines) is 2. The van der Waals surface area contributed by atoms with E-state index in [1.54, 1.807) is 18.2 Å². The average Bonchev–Trinajstić information content (AvgIpc) is 3.19. The summed E-state index contributed by atoms with van der Waals surface area (Å²) in [5.74, 6) is 0. The third-order valence-corrected chi connectivity index (χ3v) is 5.99. The number of nitrogens with zero attached hydrogens (tertiary/aromatic N) is 2. The van der Waals surface area contributed by atoms with Crippen LogP contribution >= 0.6 is 0 Å². The molecule has 0 radical (unpaired) electrons. The van der Waals surface area contributed by atoms with Crippen LogP contribution in [0.3, 0.4) is 0 Å². The Labute approximate surface area is 143 Å². The van der Waals surface area contributed by atoms with Crippen molar-refractivity contribution in [2.45, 2.75) is 36.6 Å². The van der Waals surface area contributed by atoms with Gasteiger partial charge in [-0.25, -0.2) is 13.2 Å². The number of hydrogen-bond acceptors (Lipinski definition) is 4. The minimum atomic E-state index is -3.38. The molecular weight excluding hydrogens is 326 g/mol. The molecule has 2 aliphatic rings. The number of nitrogens with one attached hydrogen (secondary N) is 1. The van der Waals surface area contributed by atoms with E-state index in [-0.39, 0.29) is 17.0 Å². The lowest BCUT2D eigenvalue weighted by atomic mass is 10.2. The number of anilines is 1. The number of amides is 2. The number of carbonyl (C=O) groups excluding carboxylic acids is 1. The summed E-state index contributed by atoms with van der Waals surface area (Å²) in [6, 6.07) is 6.58. The van der Waals surface area contributed by atoms with Gasteiger partial charge in [0.25, 0.3) is 0 Å². The predicted molar refractivity (Wildman–Crippen MR) is 94.0 cm³/mol. The third-order valence-electron chi connectivity index (χ3n) is 4.83. The monoisotopic (exact) mass is 351 g/mol. The molecule has 0 bridgehead atoms. The first-order valence-electron chi connectivity index (χ1n) is 8.54. The quantitative estimate of drug-likeness (QED) is 0.903. The Morgan fingerprint density at radius 3 is 2.58 bits per heavy atom. The molecule has 2 aliphatic heterocycles. The van der Waals surface area contributed by atoms with Gasteiger partial charge in [0, 0.05) is 25.4 Å². The zero-order valence-corrected chi connectivity index (χ0v) is 14.9. The zero-order valence-electron chi connectivity index (χ0n) is 14.1. The SMILES string of the molecule is CS(=O)(=O)c1ccccc1NC(=O)N1CCCC1CN1CCCC1. The van der Waals surface area contributed by atoms with Crippen LogP contribution < -0.4 is 5.32 Å². The van der Waals surface area contributed by atoms with Crippen molar-refractivity contribution < 1.29 is 13.2 Å². The number of carbonyl (C=O) groups is 1. The van der Waals surface area contributed by atoms with E-state index in [1.807, 2.05) is 4.90 Å². The Kier molecular flexibility index (Phi) is 5.10. The van der Waals surface area contributed by atoms with Crippen LogP contribution in [0.2, 0.25) is 0 Å². The summed E-state index contributed by atoms with van der Waals surface area (Å²) in [5, 5.41) is 2.80. The van der Waals surface area contributed by atoms with Gasteiger partial charge in [0.15, 0.2) is 9.84 Å². The zero-order chi connectivity index (χ0) is 17.2. The van der Waals surface area contributed by atoms with Gasteiger partial charge in [-0.2, -0.15) is 0 Å². The summed E-state index contributed by atoms with van der Waals surface area (Å²) in [4.78, 5) is 17.1. The van der Waals surface area contributed by atoms with Crippen LogP contribution in [0.15, 0.2) is 29.2 Å². The lowest BCUT2D eigenvalue weighted by Gasteiger charge is -2.28. The third kappa shape index (κ3) is 3.89. The molecule has 0 spiro atoms. The Bertz CT molecular complexity index is 699. The lowest BCUT2D eigenvalue weighted by Crippen LogP contribution is -2.44. The van der Waals surface area contributed by atoms with Crippen LogP contribution in [0, 0.1) is 0 Å². The summed E-state index contributed by atoms with van der Waals surface area (Å²) >= 11 is 0.